The molecule has 0 bridgehead atoms. The molecular weight excluding hydrogens is 478 g/mol. The van der Waals surface area contributed by atoms with E-state index >= 15 is 0 Å². The van der Waals surface area contributed by atoms with E-state index in [9.17, 15) is 9.59 Å². The van der Waals surface area contributed by atoms with E-state index in [1.165, 1.54) is 25.7 Å². The van der Waals surface area contributed by atoms with Gasteiger partial charge in [-0.15, -0.1) is 12.4 Å². The summed E-state index contributed by atoms with van der Waals surface area (Å²) < 4.78 is 7.52. The van der Waals surface area contributed by atoms with Crippen molar-refractivity contribution in [2.75, 3.05) is 32.8 Å². The van der Waals surface area contributed by atoms with Gasteiger partial charge < -0.3 is 15.0 Å². The van der Waals surface area contributed by atoms with Gasteiger partial charge in [0.1, 0.15) is 0 Å². The molecule has 0 atom stereocenters. The number of hydrogen-bond donors (Lipinski definition) is 2. The highest BCUT2D eigenvalue weighted by atomic mass is 35.5. The lowest BCUT2D eigenvalue weighted by molar-refractivity contribution is 0.0675. The van der Waals surface area contributed by atoms with E-state index in [0.29, 0.717) is 30.7 Å². The number of nitrogens with one attached hydrogen (secondary N) is 2. The van der Waals surface area contributed by atoms with Crippen LogP contribution in [0, 0.1) is 6.92 Å². The van der Waals surface area contributed by atoms with Crippen LogP contribution in [0.15, 0.2) is 23.1 Å². The third kappa shape index (κ3) is 4.33. The van der Waals surface area contributed by atoms with Crippen LogP contribution < -0.4 is 10.9 Å². The first-order valence-corrected chi connectivity index (χ1v) is 13.2. The van der Waals surface area contributed by atoms with Crippen molar-refractivity contribution in [3.05, 3.63) is 39.8 Å². The summed E-state index contributed by atoms with van der Waals surface area (Å²) in [5.74, 6) is -0.0358. The maximum absolute atomic E-state index is 13.5. The Bertz CT molecular complexity index is 1310. The normalized spacial score (nSPS) is 20.7. The van der Waals surface area contributed by atoms with Crippen LogP contribution in [0.5, 0.6) is 0 Å². The molecule has 2 aliphatic heterocycles. The number of halogens is 1. The van der Waals surface area contributed by atoms with Crippen molar-refractivity contribution in [1.82, 2.24) is 25.0 Å². The van der Waals surface area contributed by atoms with E-state index in [0.717, 1.165) is 60.8 Å². The molecule has 6 rings (SSSR count). The lowest BCUT2D eigenvalue weighted by Crippen LogP contribution is -2.53. The maximum atomic E-state index is 13.5. The number of carbonyl (C=O) groups is 1. The van der Waals surface area contributed by atoms with Crippen molar-refractivity contribution in [1.29, 1.82) is 0 Å². The molecule has 1 aromatic carbocycles. The molecule has 1 saturated carbocycles. The summed E-state index contributed by atoms with van der Waals surface area (Å²) in [6.07, 6.45) is 10.7. The summed E-state index contributed by atoms with van der Waals surface area (Å²) in [5.41, 5.74) is 3.06. The largest absolute Gasteiger partial charge is 0.381 e. The first kappa shape index (κ1) is 25.2. The minimum Gasteiger partial charge on any atom is -0.381 e. The zero-order chi connectivity index (χ0) is 24.0. The smallest absolute Gasteiger partial charge is 0.259 e. The number of H-pyrrole nitrogens is 1. The average molecular weight is 514 g/mol. The molecule has 1 amide bonds. The minimum absolute atomic E-state index is 0. The summed E-state index contributed by atoms with van der Waals surface area (Å²) in [7, 11) is 0. The van der Waals surface area contributed by atoms with Crippen LogP contribution in [0.1, 0.15) is 73.3 Å². The molecule has 8 nitrogen and oxygen atoms in total. The quantitative estimate of drug-likeness (QED) is 0.536. The third-order valence-electron chi connectivity index (χ3n) is 8.58. The van der Waals surface area contributed by atoms with Crippen LogP contribution in [0.4, 0.5) is 0 Å². The number of likely N-dealkylation sites (tertiary alicyclic amines) is 1. The lowest BCUT2D eigenvalue weighted by Gasteiger charge is -2.39. The molecule has 0 unspecified atom stereocenters. The van der Waals surface area contributed by atoms with Gasteiger partial charge in [0.05, 0.1) is 28.7 Å². The number of amides is 1. The minimum atomic E-state index is -0.142. The van der Waals surface area contributed by atoms with Crippen LogP contribution in [-0.2, 0) is 4.74 Å². The molecule has 0 spiro atoms. The monoisotopic (exact) mass is 513 g/mol. The number of aromatic amines is 1. The molecule has 3 fully saturated rings. The van der Waals surface area contributed by atoms with Gasteiger partial charge in [0.2, 0.25) is 0 Å². The number of pyridine rings is 1. The molecule has 9 heteroatoms. The highest BCUT2D eigenvalue weighted by molar-refractivity contribution is 6.07. The maximum Gasteiger partial charge on any atom is 0.259 e. The number of rotatable bonds is 5. The summed E-state index contributed by atoms with van der Waals surface area (Å²) in [6, 6.07) is 4.07. The van der Waals surface area contributed by atoms with Gasteiger partial charge in [-0.1, -0.05) is 12.8 Å². The van der Waals surface area contributed by atoms with Crippen LogP contribution >= 0.6 is 12.4 Å². The predicted octanol–water partition coefficient (Wildman–Crippen LogP) is 4.10. The fourth-order valence-corrected chi connectivity index (χ4v) is 6.61. The van der Waals surface area contributed by atoms with Crippen LogP contribution in [0.25, 0.3) is 21.8 Å². The van der Waals surface area contributed by atoms with E-state index in [1.807, 2.05) is 23.7 Å². The van der Waals surface area contributed by atoms with Crippen molar-refractivity contribution >= 4 is 40.1 Å². The number of aromatic nitrogens is 3. The predicted molar refractivity (Wildman–Crippen MR) is 143 cm³/mol. The van der Waals surface area contributed by atoms with Crippen molar-refractivity contribution in [3.8, 4) is 0 Å². The van der Waals surface area contributed by atoms with Gasteiger partial charge >= 0.3 is 0 Å². The standard InChI is InChI=1S/C27H35N5O3.ClH/c1-18-14-23-21(24-22(26(34)30-23)16-29-32(24)19-6-12-35-13-7-19)15-20(18)25(33)28-17-27(8-2-3-9-27)31-10-4-5-11-31;/h14-16,19H,2-13,17H2,1H3,(H,28,33)(H,30,34);1H. The SMILES string of the molecule is Cc1cc2[nH]c(=O)c3cnn(C4CCOCC4)c3c2cc1C(=O)NCC1(N2CCCC2)CCCC1.Cl. The molecule has 2 saturated heterocycles. The Kier molecular flexibility index (Phi) is 7.12. The first-order chi connectivity index (χ1) is 17.1. The summed E-state index contributed by atoms with van der Waals surface area (Å²) >= 11 is 0. The Labute approximate surface area is 217 Å². The van der Waals surface area contributed by atoms with E-state index in [2.05, 4.69) is 20.3 Å². The van der Waals surface area contributed by atoms with Crippen molar-refractivity contribution in [2.24, 2.45) is 0 Å². The molecule has 2 aromatic heterocycles. The van der Waals surface area contributed by atoms with Gasteiger partial charge in [-0.2, -0.15) is 5.10 Å². The van der Waals surface area contributed by atoms with Crippen LogP contribution in [0.3, 0.4) is 0 Å². The second-order valence-electron chi connectivity index (χ2n) is 10.7. The lowest BCUT2D eigenvalue weighted by atomic mass is 9.94. The Hall–Kier alpha value is -2.42. The summed E-state index contributed by atoms with van der Waals surface area (Å²) in [5, 5.41) is 9.35. The molecule has 3 aromatic rings. The number of carbonyl (C=O) groups excluding carboxylic acids is 1. The fourth-order valence-electron chi connectivity index (χ4n) is 6.61. The van der Waals surface area contributed by atoms with Crippen molar-refractivity contribution < 1.29 is 9.53 Å². The van der Waals surface area contributed by atoms with Gasteiger partial charge in [0.15, 0.2) is 0 Å². The molecule has 0 radical (unpaired) electrons. The van der Waals surface area contributed by atoms with Crippen LogP contribution in [0.2, 0.25) is 0 Å². The second kappa shape index (κ2) is 10.1. The van der Waals surface area contributed by atoms with Gasteiger partial charge in [0.25, 0.3) is 11.5 Å². The highest BCUT2D eigenvalue weighted by Gasteiger charge is 2.40. The zero-order valence-corrected chi connectivity index (χ0v) is 21.8. The molecular formula is C27H36ClN5O3. The summed E-state index contributed by atoms with van der Waals surface area (Å²) in [6.45, 7) is 6.32. The first-order valence-electron chi connectivity index (χ1n) is 13.2. The topological polar surface area (TPSA) is 92.2 Å². The fraction of sp³-hybridized carbons (Fsp3) is 0.593. The molecule has 4 heterocycles. The van der Waals surface area contributed by atoms with Gasteiger partial charge in [-0.25, -0.2) is 0 Å². The molecule has 194 valence electrons. The Morgan fingerprint density at radius 2 is 1.86 bits per heavy atom. The molecule has 3 aliphatic rings. The van der Waals surface area contributed by atoms with Crippen molar-refractivity contribution in [3.63, 3.8) is 0 Å². The van der Waals surface area contributed by atoms with E-state index < -0.39 is 0 Å². The number of nitrogens with zero attached hydrogens (tertiary/aromatic N) is 3. The number of hydrogen-bond acceptors (Lipinski definition) is 5. The Morgan fingerprint density at radius 1 is 1.14 bits per heavy atom. The van der Waals surface area contributed by atoms with Gasteiger partial charge in [0, 0.05) is 36.2 Å². The van der Waals surface area contributed by atoms with E-state index in [4.69, 9.17) is 4.74 Å². The van der Waals surface area contributed by atoms with E-state index in [1.54, 1.807) is 6.20 Å². The molecule has 2 N–H and O–H groups in total. The van der Waals surface area contributed by atoms with Gasteiger partial charge in [-0.05, 0) is 76.2 Å². The number of fused-ring (bicyclic) bond motifs is 3. The Balaban J connectivity index is 0.00000267. The average Bonchev–Trinajstić information content (AvgIpc) is 3.64. The summed E-state index contributed by atoms with van der Waals surface area (Å²) in [4.78, 5) is 31.9. The third-order valence-corrected chi connectivity index (χ3v) is 8.58. The molecule has 1 aliphatic carbocycles. The number of ether oxygens (including phenoxy) is 1. The van der Waals surface area contributed by atoms with E-state index in [-0.39, 0.29) is 35.5 Å². The number of aryl methyl sites for hydroxylation is 1. The molecule has 36 heavy (non-hydrogen) atoms. The number of benzene rings is 1. The highest BCUT2D eigenvalue weighted by Crippen LogP contribution is 2.37. The van der Waals surface area contributed by atoms with Crippen LogP contribution in [-0.4, -0.2) is 64.0 Å². The zero-order valence-electron chi connectivity index (χ0n) is 21.0. The van der Waals surface area contributed by atoms with Crippen molar-refractivity contribution in [2.45, 2.75) is 69.9 Å². The van der Waals surface area contributed by atoms with Gasteiger partial charge in [-0.3, -0.25) is 19.2 Å². The Morgan fingerprint density at radius 3 is 2.58 bits per heavy atom. The second-order valence-corrected chi connectivity index (χ2v) is 10.7.